The quantitative estimate of drug-likeness (QED) is 0.645. The first-order valence-electron chi connectivity index (χ1n) is 4.82. The summed E-state index contributed by atoms with van der Waals surface area (Å²) < 4.78 is 41.6. The number of amides is 1. The highest BCUT2D eigenvalue weighted by molar-refractivity contribution is 7.88. The molecule has 16 heavy (non-hydrogen) atoms. The molecule has 1 heterocycles. The van der Waals surface area contributed by atoms with Gasteiger partial charge in [0.15, 0.2) is 0 Å². The molecule has 2 aliphatic rings. The summed E-state index contributed by atoms with van der Waals surface area (Å²) in [6, 6.07) is -0.637. The number of carbonyl (C=O) groups excluding carboxylic acids is 1. The first-order chi connectivity index (χ1) is 7.30. The van der Waals surface area contributed by atoms with Crippen molar-refractivity contribution in [3.63, 3.8) is 0 Å². The lowest BCUT2D eigenvalue weighted by molar-refractivity contribution is 0.0989. The topological polar surface area (TPSA) is 63.7 Å². The first-order valence-corrected chi connectivity index (χ1v) is 6.67. The zero-order chi connectivity index (χ0) is 12.1. The minimum absolute atomic E-state index is 0.0126. The maximum Gasteiger partial charge on any atom is 0.424 e. The van der Waals surface area contributed by atoms with Crippen molar-refractivity contribution in [1.29, 1.82) is 0 Å². The van der Waals surface area contributed by atoms with Gasteiger partial charge in [0, 0.05) is 6.42 Å². The Kier molecular flexibility index (Phi) is 2.45. The fourth-order valence-electron chi connectivity index (χ4n) is 2.11. The molecule has 1 amide bonds. The number of ether oxygens (including phenoxy) is 1. The largest absolute Gasteiger partial charge is 0.443 e. The molecule has 1 saturated carbocycles. The number of carbonyl (C=O) groups is 1. The fourth-order valence-corrected chi connectivity index (χ4v) is 3.13. The number of rotatable bonds is 1. The van der Waals surface area contributed by atoms with E-state index in [1.807, 2.05) is 0 Å². The second-order valence-corrected chi connectivity index (χ2v) is 5.97. The Balaban J connectivity index is 2.31. The van der Waals surface area contributed by atoms with Gasteiger partial charge < -0.3 is 4.74 Å². The second kappa shape index (κ2) is 3.44. The van der Waals surface area contributed by atoms with Crippen molar-refractivity contribution in [1.82, 2.24) is 4.31 Å². The molecular formula is C9H12FNO4S. The van der Waals surface area contributed by atoms with Crippen LogP contribution in [0.25, 0.3) is 0 Å². The van der Waals surface area contributed by atoms with Crippen molar-refractivity contribution in [2.75, 3.05) is 6.26 Å². The van der Waals surface area contributed by atoms with Crippen molar-refractivity contribution in [3.8, 4) is 0 Å². The van der Waals surface area contributed by atoms with Gasteiger partial charge in [0.2, 0.25) is 10.0 Å². The van der Waals surface area contributed by atoms with E-state index in [0.29, 0.717) is 9.88 Å². The Hall–Kier alpha value is -1.11. The molecule has 7 heteroatoms. The molecule has 0 aromatic rings. The molecule has 0 radical (unpaired) electrons. The van der Waals surface area contributed by atoms with E-state index in [2.05, 4.69) is 6.58 Å². The number of hydrogen-bond acceptors (Lipinski definition) is 4. The lowest BCUT2D eigenvalue weighted by Gasteiger charge is -2.29. The average Bonchev–Trinajstić information content (AvgIpc) is 2.40. The highest BCUT2D eigenvalue weighted by Gasteiger charge is 2.50. The van der Waals surface area contributed by atoms with Gasteiger partial charge in [-0.15, -0.1) is 0 Å². The summed E-state index contributed by atoms with van der Waals surface area (Å²) in [7, 11) is -3.67. The van der Waals surface area contributed by atoms with Gasteiger partial charge in [-0.1, -0.05) is 6.58 Å². The van der Waals surface area contributed by atoms with Crippen LogP contribution in [0, 0.1) is 0 Å². The van der Waals surface area contributed by atoms with Crippen molar-refractivity contribution in [3.05, 3.63) is 12.2 Å². The smallest absolute Gasteiger partial charge is 0.424 e. The fraction of sp³-hybridized carbons (Fsp3) is 0.667. The van der Waals surface area contributed by atoms with Crippen molar-refractivity contribution >= 4 is 16.1 Å². The third kappa shape index (κ3) is 1.68. The van der Waals surface area contributed by atoms with Crippen LogP contribution < -0.4 is 0 Å². The number of hydrogen-bond donors (Lipinski definition) is 0. The van der Waals surface area contributed by atoms with Crippen LogP contribution in [0.3, 0.4) is 0 Å². The molecule has 0 aromatic carbocycles. The highest BCUT2D eigenvalue weighted by Crippen LogP contribution is 2.36. The standard InChI is InChI=1S/C9H12FNO4S/c1-5-3-7-8(4-6(5)10)15-9(12)11(7)16(2,13)14/h6-8H,1,3-4H2,2H3. The Morgan fingerprint density at radius 3 is 2.75 bits per heavy atom. The second-order valence-electron chi connectivity index (χ2n) is 4.11. The van der Waals surface area contributed by atoms with Crippen LogP contribution in [0.5, 0.6) is 0 Å². The zero-order valence-electron chi connectivity index (χ0n) is 8.72. The number of alkyl halides is 1. The summed E-state index contributed by atoms with van der Waals surface area (Å²) in [4.78, 5) is 11.4. The van der Waals surface area contributed by atoms with Gasteiger partial charge in [0.05, 0.1) is 12.3 Å². The molecule has 1 aliphatic carbocycles. The third-order valence-electron chi connectivity index (χ3n) is 2.87. The molecule has 0 spiro atoms. The van der Waals surface area contributed by atoms with Gasteiger partial charge in [0.25, 0.3) is 0 Å². The summed E-state index contributed by atoms with van der Waals surface area (Å²) >= 11 is 0. The summed E-state index contributed by atoms with van der Waals surface area (Å²) in [5, 5.41) is 0. The van der Waals surface area contributed by atoms with Crippen LogP contribution in [0.2, 0.25) is 0 Å². The van der Waals surface area contributed by atoms with Crippen LogP contribution in [-0.4, -0.2) is 43.4 Å². The Labute approximate surface area is 92.9 Å². The number of fused-ring (bicyclic) bond motifs is 1. The van der Waals surface area contributed by atoms with Gasteiger partial charge in [-0.2, -0.15) is 4.31 Å². The van der Waals surface area contributed by atoms with Crippen LogP contribution in [-0.2, 0) is 14.8 Å². The van der Waals surface area contributed by atoms with Gasteiger partial charge in [-0.3, -0.25) is 0 Å². The van der Waals surface area contributed by atoms with Gasteiger partial charge in [-0.05, 0) is 12.0 Å². The van der Waals surface area contributed by atoms with E-state index >= 15 is 0 Å². The van der Waals surface area contributed by atoms with Gasteiger partial charge >= 0.3 is 6.09 Å². The Bertz CT molecular complexity index is 446. The van der Waals surface area contributed by atoms with Crippen molar-refractivity contribution in [2.45, 2.75) is 31.2 Å². The number of halogens is 1. The zero-order valence-corrected chi connectivity index (χ0v) is 9.54. The summed E-state index contributed by atoms with van der Waals surface area (Å²) in [6.07, 6.45) is -1.79. The van der Waals surface area contributed by atoms with E-state index in [4.69, 9.17) is 4.74 Å². The predicted molar refractivity (Wildman–Crippen MR) is 54.0 cm³/mol. The maximum atomic E-state index is 13.3. The molecular weight excluding hydrogens is 237 g/mol. The van der Waals surface area contributed by atoms with E-state index < -0.39 is 34.4 Å². The SMILES string of the molecule is C=C1CC2C(CC1F)OC(=O)N2S(C)(=O)=O. The molecule has 90 valence electrons. The Morgan fingerprint density at radius 1 is 1.56 bits per heavy atom. The first kappa shape index (κ1) is 11.4. The summed E-state index contributed by atoms with van der Waals surface area (Å²) in [5.74, 6) is 0. The van der Waals surface area contributed by atoms with E-state index in [9.17, 15) is 17.6 Å². The minimum atomic E-state index is -3.67. The van der Waals surface area contributed by atoms with E-state index in [0.717, 1.165) is 6.26 Å². The van der Waals surface area contributed by atoms with E-state index in [1.54, 1.807) is 0 Å². The molecule has 0 bridgehead atoms. The minimum Gasteiger partial charge on any atom is -0.443 e. The molecule has 2 fully saturated rings. The summed E-state index contributed by atoms with van der Waals surface area (Å²) in [5.41, 5.74) is 0.313. The number of nitrogens with zero attached hydrogens (tertiary/aromatic N) is 1. The lowest BCUT2D eigenvalue weighted by atomic mass is 9.88. The van der Waals surface area contributed by atoms with Gasteiger partial charge in [0.1, 0.15) is 12.3 Å². The van der Waals surface area contributed by atoms with Gasteiger partial charge in [-0.25, -0.2) is 17.6 Å². The number of sulfonamides is 1. The molecule has 5 nitrogen and oxygen atoms in total. The molecule has 1 saturated heterocycles. The Morgan fingerprint density at radius 2 is 2.19 bits per heavy atom. The van der Waals surface area contributed by atoms with Crippen LogP contribution in [0.15, 0.2) is 12.2 Å². The van der Waals surface area contributed by atoms with Crippen molar-refractivity contribution < 1.29 is 22.3 Å². The molecule has 2 rings (SSSR count). The molecule has 0 N–H and O–H groups in total. The molecule has 3 atom stereocenters. The van der Waals surface area contributed by atoms with E-state index in [1.165, 1.54) is 0 Å². The van der Waals surface area contributed by atoms with Crippen LogP contribution in [0.1, 0.15) is 12.8 Å². The highest BCUT2D eigenvalue weighted by atomic mass is 32.2. The lowest BCUT2D eigenvalue weighted by Crippen LogP contribution is -2.44. The molecule has 3 unspecified atom stereocenters. The average molecular weight is 249 g/mol. The summed E-state index contributed by atoms with van der Waals surface area (Å²) in [6.45, 7) is 3.53. The van der Waals surface area contributed by atoms with E-state index in [-0.39, 0.29) is 12.8 Å². The van der Waals surface area contributed by atoms with Crippen molar-refractivity contribution in [2.24, 2.45) is 0 Å². The molecule has 0 aromatic heterocycles. The third-order valence-corrected chi connectivity index (χ3v) is 4.01. The van der Waals surface area contributed by atoms with Crippen LogP contribution >= 0.6 is 0 Å². The molecule has 1 aliphatic heterocycles. The normalized spacial score (nSPS) is 34.9. The van der Waals surface area contributed by atoms with Crippen LogP contribution in [0.4, 0.5) is 9.18 Å². The monoisotopic (exact) mass is 249 g/mol. The predicted octanol–water partition coefficient (Wildman–Crippen LogP) is 0.824. The maximum absolute atomic E-state index is 13.3.